The number of hydrogen-bond donors (Lipinski definition) is 2. The van der Waals surface area contributed by atoms with E-state index in [1.807, 2.05) is 4.90 Å². The minimum Gasteiger partial charge on any atom is -0.393 e. The molecule has 1 aliphatic carbocycles. The first kappa shape index (κ1) is 11.0. The van der Waals surface area contributed by atoms with Gasteiger partial charge in [0, 0.05) is 19.0 Å². The van der Waals surface area contributed by atoms with Gasteiger partial charge >= 0.3 is 0 Å². The molecule has 1 aromatic rings. The molecule has 17 heavy (non-hydrogen) atoms. The lowest BCUT2D eigenvalue weighted by molar-refractivity contribution is 0.133. The molecule has 2 heterocycles. The van der Waals surface area contributed by atoms with Gasteiger partial charge in [0.15, 0.2) is 0 Å². The quantitative estimate of drug-likeness (QED) is 0.751. The predicted molar refractivity (Wildman–Crippen MR) is 63.7 cm³/mol. The van der Waals surface area contributed by atoms with Crippen molar-refractivity contribution >= 4 is 23.5 Å². The highest BCUT2D eigenvalue weighted by Gasteiger charge is 2.42. The second-order valence-electron chi connectivity index (χ2n) is 4.74. The van der Waals surface area contributed by atoms with E-state index in [1.165, 1.54) is 0 Å². The number of rotatable bonds is 1. The Balaban J connectivity index is 1.82. The number of aromatic nitrogens is 3. The Hall–Kier alpha value is -1.14. The van der Waals surface area contributed by atoms with Crippen molar-refractivity contribution in [3.8, 4) is 0 Å². The van der Waals surface area contributed by atoms with E-state index in [1.54, 1.807) is 0 Å². The average molecular weight is 256 g/mol. The highest BCUT2D eigenvalue weighted by Crippen LogP contribution is 2.39. The normalized spacial score (nSPS) is 31.9. The minimum atomic E-state index is -0.195. The van der Waals surface area contributed by atoms with E-state index < -0.39 is 0 Å². The van der Waals surface area contributed by atoms with Gasteiger partial charge in [0.05, 0.1) is 6.10 Å². The summed E-state index contributed by atoms with van der Waals surface area (Å²) in [5, 5.41) is 9.96. The van der Waals surface area contributed by atoms with Gasteiger partial charge in [0.2, 0.25) is 17.2 Å². The SMILES string of the molecule is Nc1nc(Cl)nc(N2CC3CCC(O)C3C2)n1. The molecule has 0 bridgehead atoms. The summed E-state index contributed by atoms with van der Waals surface area (Å²) in [5.41, 5.74) is 5.55. The molecule has 0 aromatic carbocycles. The van der Waals surface area contributed by atoms with Crippen LogP contribution in [0.3, 0.4) is 0 Å². The van der Waals surface area contributed by atoms with E-state index in [0.29, 0.717) is 17.8 Å². The lowest BCUT2D eigenvalue weighted by Crippen LogP contribution is -2.26. The van der Waals surface area contributed by atoms with Gasteiger partial charge in [-0.2, -0.15) is 15.0 Å². The Morgan fingerprint density at radius 3 is 2.76 bits per heavy atom. The second-order valence-corrected chi connectivity index (χ2v) is 5.07. The van der Waals surface area contributed by atoms with Crippen LogP contribution in [0.2, 0.25) is 5.28 Å². The molecule has 0 radical (unpaired) electrons. The number of nitrogen functional groups attached to an aromatic ring is 1. The van der Waals surface area contributed by atoms with Crippen LogP contribution in [0.25, 0.3) is 0 Å². The lowest BCUT2D eigenvalue weighted by Gasteiger charge is -2.18. The summed E-state index contributed by atoms with van der Waals surface area (Å²) >= 11 is 5.76. The van der Waals surface area contributed by atoms with Gasteiger partial charge in [-0.15, -0.1) is 0 Å². The number of anilines is 2. The Morgan fingerprint density at radius 2 is 2.06 bits per heavy atom. The van der Waals surface area contributed by atoms with Crippen molar-refractivity contribution in [2.45, 2.75) is 18.9 Å². The summed E-state index contributed by atoms with van der Waals surface area (Å²) < 4.78 is 0. The van der Waals surface area contributed by atoms with Crippen molar-refractivity contribution in [1.82, 2.24) is 15.0 Å². The van der Waals surface area contributed by atoms with E-state index >= 15 is 0 Å². The molecule has 1 aliphatic heterocycles. The van der Waals surface area contributed by atoms with Gasteiger partial charge in [-0.05, 0) is 30.4 Å². The van der Waals surface area contributed by atoms with E-state index in [-0.39, 0.29) is 17.3 Å². The molecule has 7 heteroatoms. The van der Waals surface area contributed by atoms with E-state index in [0.717, 1.165) is 25.9 Å². The van der Waals surface area contributed by atoms with Crippen molar-refractivity contribution in [3.05, 3.63) is 5.28 Å². The van der Waals surface area contributed by atoms with Crippen molar-refractivity contribution in [3.63, 3.8) is 0 Å². The molecule has 3 unspecified atom stereocenters. The molecule has 1 saturated heterocycles. The fourth-order valence-electron chi connectivity index (χ4n) is 2.90. The van der Waals surface area contributed by atoms with Gasteiger partial charge in [-0.25, -0.2) is 0 Å². The molecule has 2 fully saturated rings. The molecule has 6 nitrogen and oxygen atoms in total. The van der Waals surface area contributed by atoms with Crippen LogP contribution in [0.15, 0.2) is 0 Å². The molecule has 1 saturated carbocycles. The number of fused-ring (bicyclic) bond motifs is 1. The van der Waals surface area contributed by atoms with Gasteiger partial charge < -0.3 is 15.7 Å². The average Bonchev–Trinajstić information content (AvgIpc) is 2.80. The zero-order chi connectivity index (χ0) is 12.0. The number of aliphatic hydroxyl groups excluding tert-OH is 1. The molecule has 3 N–H and O–H groups in total. The van der Waals surface area contributed by atoms with E-state index in [2.05, 4.69) is 15.0 Å². The maximum Gasteiger partial charge on any atom is 0.231 e. The Labute approximate surface area is 104 Å². The maximum absolute atomic E-state index is 9.84. The Bertz CT molecular complexity index is 422. The van der Waals surface area contributed by atoms with E-state index in [4.69, 9.17) is 17.3 Å². The van der Waals surface area contributed by atoms with Crippen LogP contribution in [0.1, 0.15) is 12.8 Å². The topological polar surface area (TPSA) is 88.2 Å². The third kappa shape index (κ3) is 1.91. The molecule has 3 rings (SSSR count). The third-order valence-electron chi connectivity index (χ3n) is 3.72. The zero-order valence-electron chi connectivity index (χ0n) is 9.25. The fourth-order valence-corrected chi connectivity index (χ4v) is 3.06. The summed E-state index contributed by atoms with van der Waals surface area (Å²) in [6, 6.07) is 0. The highest BCUT2D eigenvalue weighted by atomic mass is 35.5. The maximum atomic E-state index is 9.84. The molecular weight excluding hydrogens is 242 g/mol. The van der Waals surface area contributed by atoms with Gasteiger partial charge in [0.25, 0.3) is 0 Å². The van der Waals surface area contributed by atoms with Crippen LogP contribution in [0, 0.1) is 11.8 Å². The number of aliphatic hydroxyl groups is 1. The van der Waals surface area contributed by atoms with Crippen LogP contribution in [0.5, 0.6) is 0 Å². The van der Waals surface area contributed by atoms with E-state index in [9.17, 15) is 5.11 Å². The molecule has 2 aliphatic rings. The molecule has 0 spiro atoms. The van der Waals surface area contributed by atoms with Crippen molar-refractivity contribution in [2.24, 2.45) is 11.8 Å². The summed E-state index contributed by atoms with van der Waals surface area (Å²) in [6.07, 6.45) is 1.78. The smallest absolute Gasteiger partial charge is 0.231 e. The van der Waals surface area contributed by atoms with Gasteiger partial charge in [0.1, 0.15) is 0 Å². The Morgan fingerprint density at radius 1 is 1.24 bits per heavy atom. The van der Waals surface area contributed by atoms with Crippen molar-refractivity contribution in [1.29, 1.82) is 0 Å². The van der Waals surface area contributed by atoms with Gasteiger partial charge in [-0.1, -0.05) is 0 Å². The summed E-state index contributed by atoms with van der Waals surface area (Å²) in [5.74, 6) is 1.51. The molecular formula is C10H14ClN5O. The number of hydrogen-bond acceptors (Lipinski definition) is 6. The third-order valence-corrected chi connectivity index (χ3v) is 3.88. The fraction of sp³-hybridized carbons (Fsp3) is 0.700. The number of halogens is 1. The first-order valence-corrected chi connectivity index (χ1v) is 6.11. The predicted octanol–water partition coefficient (Wildman–Crippen LogP) is 0.314. The molecule has 3 atom stereocenters. The van der Waals surface area contributed by atoms with Crippen LogP contribution < -0.4 is 10.6 Å². The first-order chi connectivity index (χ1) is 8.13. The monoisotopic (exact) mass is 255 g/mol. The summed E-state index contributed by atoms with van der Waals surface area (Å²) in [6.45, 7) is 1.63. The number of nitrogens with zero attached hydrogens (tertiary/aromatic N) is 4. The lowest BCUT2D eigenvalue weighted by atomic mass is 10.00. The molecule has 1 aromatic heterocycles. The molecule has 0 amide bonds. The highest BCUT2D eigenvalue weighted by molar-refractivity contribution is 6.28. The largest absolute Gasteiger partial charge is 0.393 e. The zero-order valence-corrected chi connectivity index (χ0v) is 10.0. The van der Waals surface area contributed by atoms with Gasteiger partial charge in [-0.3, -0.25) is 0 Å². The Kier molecular flexibility index (Phi) is 2.56. The first-order valence-electron chi connectivity index (χ1n) is 5.73. The van der Waals surface area contributed by atoms with Crippen molar-refractivity contribution in [2.75, 3.05) is 23.7 Å². The van der Waals surface area contributed by atoms with Crippen LogP contribution in [-0.2, 0) is 0 Å². The van der Waals surface area contributed by atoms with Crippen LogP contribution in [-0.4, -0.2) is 39.3 Å². The molecule has 92 valence electrons. The minimum absolute atomic E-state index is 0.116. The van der Waals surface area contributed by atoms with Crippen LogP contribution >= 0.6 is 11.6 Å². The van der Waals surface area contributed by atoms with Crippen LogP contribution in [0.4, 0.5) is 11.9 Å². The number of nitrogens with two attached hydrogens (primary N) is 1. The van der Waals surface area contributed by atoms with Crippen molar-refractivity contribution < 1.29 is 5.11 Å². The second kappa shape index (κ2) is 3.96. The summed E-state index contributed by atoms with van der Waals surface area (Å²) in [4.78, 5) is 13.9. The standard InChI is InChI=1S/C10H14ClN5O/c11-8-13-9(12)15-10(14-8)16-3-5-1-2-7(17)6(5)4-16/h5-7,17H,1-4H2,(H2,12,13,14,15). The summed E-state index contributed by atoms with van der Waals surface area (Å²) in [7, 11) is 0.